The minimum absolute atomic E-state index is 0.0128. The summed E-state index contributed by atoms with van der Waals surface area (Å²) in [6.45, 7) is 1.92. The van der Waals surface area contributed by atoms with Gasteiger partial charge in [-0.05, 0) is 67.1 Å². The molecule has 0 unspecified atom stereocenters. The zero-order valence-corrected chi connectivity index (χ0v) is 50.1. The second kappa shape index (κ2) is 27.2. The van der Waals surface area contributed by atoms with Crippen LogP contribution in [0.3, 0.4) is 0 Å². The first-order valence-electron chi connectivity index (χ1n) is 27.2. The zero-order valence-electron chi connectivity index (χ0n) is 50.1. The number of hydrogen-bond donors (Lipinski definition) is 6. The number of fused-ring (bicyclic) bond motifs is 4. The Morgan fingerprint density at radius 1 is 0.330 bits per heavy atom. The van der Waals surface area contributed by atoms with E-state index in [9.17, 15) is 49.8 Å². The van der Waals surface area contributed by atoms with Crippen LogP contribution in [-0.2, 0) is 0 Å². The lowest BCUT2D eigenvalue weighted by atomic mass is 10.1. The Morgan fingerprint density at radius 2 is 0.813 bits per heavy atom. The number of hydrogen-bond acceptors (Lipinski definition) is 22. The van der Waals surface area contributed by atoms with Crippen molar-refractivity contribution in [3.63, 3.8) is 0 Å². The maximum absolute atomic E-state index is 12.8. The Hall–Kier alpha value is -12.2. The molecule has 0 bridgehead atoms. The molecule has 0 atom stereocenters. The topological polar surface area (TPSA) is 316 Å². The average Bonchev–Trinajstić information content (AvgIpc) is 0.919. The van der Waals surface area contributed by atoms with Crippen LogP contribution in [0.4, 0.5) is 0 Å². The van der Waals surface area contributed by atoms with Gasteiger partial charge in [0, 0.05) is 76.9 Å². The predicted octanol–water partition coefficient (Wildman–Crippen LogP) is 12.5. The monoisotopic (exact) mass is 1240 g/mol. The van der Waals surface area contributed by atoms with Crippen molar-refractivity contribution in [1.29, 1.82) is 0 Å². The molecule has 22 heteroatoms. The van der Waals surface area contributed by atoms with Crippen LogP contribution in [0.25, 0.3) is 89.2 Å². The van der Waals surface area contributed by atoms with Crippen molar-refractivity contribution in [2.75, 3.05) is 56.9 Å². The quantitative estimate of drug-likeness (QED) is 0.0662. The Morgan fingerprint density at radius 3 is 1.36 bits per heavy atom. The predicted molar refractivity (Wildman–Crippen MR) is 339 cm³/mol. The van der Waals surface area contributed by atoms with Gasteiger partial charge in [0.05, 0.1) is 62.3 Å². The number of phenolic OH excluding ortho intramolecular Hbond substituents is 6. The average molecular weight is 1240 g/mol. The largest absolute Gasteiger partial charge is 0.508 e. The summed E-state index contributed by atoms with van der Waals surface area (Å²) in [5, 5.41) is 59.5. The lowest BCUT2D eigenvalue weighted by Gasteiger charge is -2.14. The van der Waals surface area contributed by atoms with Gasteiger partial charge in [-0.15, -0.1) is 0 Å². The minimum atomic E-state index is -0.567. The first kappa shape index (κ1) is 63.3. The van der Waals surface area contributed by atoms with Crippen LogP contribution in [0.2, 0.25) is 0 Å². The maximum Gasteiger partial charge on any atom is 0.239 e. The van der Waals surface area contributed by atoms with Gasteiger partial charge in [-0.3, -0.25) is 19.2 Å². The number of benzene rings is 8. The highest BCUT2D eigenvalue weighted by Gasteiger charge is 2.24. The third-order valence-corrected chi connectivity index (χ3v) is 14.0. The number of aromatic hydroxyl groups is 6. The van der Waals surface area contributed by atoms with E-state index < -0.39 is 10.9 Å². The molecule has 4 heterocycles. The van der Waals surface area contributed by atoms with E-state index in [1.165, 1.54) is 91.2 Å². The first-order valence-corrected chi connectivity index (χ1v) is 27.2. The summed E-state index contributed by atoms with van der Waals surface area (Å²) in [5.41, 5.74) is 2.82. The fourth-order valence-corrected chi connectivity index (χ4v) is 9.57. The molecule has 0 aliphatic rings. The van der Waals surface area contributed by atoms with Crippen LogP contribution in [0.15, 0.2) is 189 Å². The van der Waals surface area contributed by atoms with Gasteiger partial charge in [-0.2, -0.15) is 0 Å². The summed E-state index contributed by atoms with van der Waals surface area (Å²) in [4.78, 5) is 49.7. The van der Waals surface area contributed by atoms with E-state index in [2.05, 4.69) is 0 Å². The number of aryl methyl sites for hydroxylation is 1. The van der Waals surface area contributed by atoms with E-state index >= 15 is 0 Å². The van der Waals surface area contributed by atoms with E-state index in [1.807, 2.05) is 49.4 Å². The fraction of sp³-hybridized carbons (Fsp3) is 0.130. The second-order valence-electron chi connectivity index (χ2n) is 19.6. The normalized spacial score (nSPS) is 10.7. The molecule has 4 aromatic heterocycles. The minimum Gasteiger partial charge on any atom is -0.508 e. The number of phenols is 6. The molecular formula is C69H58O22. The Labute approximate surface area is 515 Å². The van der Waals surface area contributed by atoms with Gasteiger partial charge in [-0.25, -0.2) is 0 Å². The van der Waals surface area contributed by atoms with Gasteiger partial charge < -0.3 is 86.2 Å². The van der Waals surface area contributed by atoms with Crippen LogP contribution in [0.5, 0.6) is 80.5 Å². The molecule has 0 aliphatic heterocycles. The van der Waals surface area contributed by atoms with Crippen molar-refractivity contribution in [1.82, 2.24) is 0 Å². The van der Waals surface area contributed by atoms with Crippen molar-refractivity contribution >= 4 is 43.9 Å². The molecular weight excluding hydrogens is 1180 g/mol. The summed E-state index contributed by atoms with van der Waals surface area (Å²) >= 11 is 0. The van der Waals surface area contributed by atoms with E-state index in [1.54, 1.807) is 68.8 Å². The number of methoxy groups -OCH3 is 8. The summed E-state index contributed by atoms with van der Waals surface area (Å²) in [6.07, 6.45) is 0. The molecule has 0 radical (unpaired) electrons. The molecule has 12 aromatic rings. The smallest absolute Gasteiger partial charge is 0.239 e. The summed E-state index contributed by atoms with van der Waals surface area (Å²) in [6, 6.07) is 39.9. The van der Waals surface area contributed by atoms with Crippen molar-refractivity contribution in [2.24, 2.45) is 0 Å². The highest BCUT2D eigenvalue weighted by molar-refractivity contribution is 5.90. The molecule has 6 N–H and O–H groups in total. The van der Waals surface area contributed by atoms with Gasteiger partial charge in [-0.1, -0.05) is 42.5 Å². The number of rotatable bonds is 12. The van der Waals surface area contributed by atoms with Crippen molar-refractivity contribution in [2.45, 2.75) is 6.92 Å². The van der Waals surface area contributed by atoms with Crippen molar-refractivity contribution in [3.8, 4) is 126 Å². The van der Waals surface area contributed by atoms with Crippen molar-refractivity contribution in [3.05, 3.63) is 198 Å². The van der Waals surface area contributed by atoms with Crippen LogP contribution in [0, 0.1) is 6.92 Å². The first-order chi connectivity index (χ1) is 43.8. The molecule has 0 aliphatic carbocycles. The van der Waals surface area contributed by atoms with Gasteiger partial charge in [0.15, 0.2) is 33.9 Å². The second-order valence-corrected chi connectivity index (χ2v) is 19.6. The molecule has 0 spiro atoms. The molecule has 8 aromatic carbocycles. The molecule has 91 heavy (non-hydrogen) atoms. The van der Waals surface area contributed by atoms with Crippen LogP contribution in [-0.4, -0.2) is 87.5 Å². The van der Waals surface area contributed by atoms with Gasteiger partial charge in [0.1, 0.15) is 102 Å². The van der Waals surface area contributed by atoms with E-state index in [0.29, 0.717) is 56.6 Å². The molecule has 22 nitrogen and oxygen atoms in total. The summed E-state index contributed by atoms with van der Waals surface area (Å²) < 4.78 is 64.5. The SMILES string of the molecule is COc1cc(O)c2c(=O)c(OC)c(-c3cc(O)c(OC)c(OC)c3)oc2c1.COc1cc(O)c2c(=O)c(OC)c(-c3ccc(C)c(OC)c3)oc2c1.COc1ccc2c(=O)cc(-c3ccc(O)cc3)oc2c1.O=c1cc(-c2ccccc2)oc2cc(O)cc(O)c12. The summed E-state index contributed by atoms with van der Waals surface area (Å²) in [7, 11) is 11.5. The fourth-order valence-electron chi connectivity index (χ4n) is 9.57. The van der Waals surface area contributed by atoms with Crippen LogP contribution in [0.1, 0.15) is 5.56 Å². The number of ether oxygens (including phenoxy) is 8. The van der Waals surface area contributed by atoms with Gasteiger partial charge >= 0.3 is 0 Å². The lowest BCUT2D eigenvalue weighted by Crippen LogP contribution is -2.08. The maximum atomic E-state index is 12.8. The van der Waals surface area contributed by atoms with Gasteiger partial charge in [0.25, 0.3) is 0 Å². The van der Waals surface area contributed by atoms with Crippen molar-refractivity contribution < 1.29 is 86.2 Å². The molecule has 12 rings (SSSR count). The molecule has 466 valence electrons. The molecule has 0 fully saturated rings. The Kier molecular flexibility index (Phi) is 18.9. The summed E-state index contributed by atoms with van der Waals surface area (Å²) in [5.74, 6) is 2.41. The third kappa shape index (κ3) is 13.2. The van der Waals surface area contributed by atoms with Crippen LogP contribution >= 0.6 is 0 Å². The standard InChI is InChI=1S/C19H18O8.C19H18O6.C16H12O4.C15H10O4/c1-23-10-7-11(20)15-13(8-10)27-17(19(26-4)16(15)22)9-5-12(21)18(25-3)14(6-9)24-2;1-10-5-6-11(7-14(10)23-3)18-19(24-4)17(21)16-13(20)8-12(22-2)9-15(16)25-18;1-19-12-6-7-13-14(18)9-15(20-16(13)8-12)10-2-4-11(17)5-3-10;16-10-6-11(17)15-12(18)8-13(19-14(15)7-10)9-4-2-1-3-5-9/h5-8,20-21H,1-4H3;5-9,20H,1-4H3;2-9,17H,1H3;1-8,16-17H. The molecule has 0 saturated heterocycles. The highest BCUT2D eigenvalue weighted by atomic mass is 16.5. The molecule has 0 saturated carbocycles. The Balaban J connectivity index is 0.000000145. The van der Waals surface area contributed by atoms with E-state index in [-0.39, 0.29) is 113 Å². The van der Waals surface area contributed by atoms with E-state index in [4.69, 9.17) is 55.6 Å². The highest BCUT2D eigenvalue weighted by Crippen LogP contribution is 2.44. The van der Waals surface area contributed by atoms with E-state index in [0.717, 1.165) is 22.8 Å². The van der Waals surface area contributed by atoms with Gasteiger partial charge in [0.2, 0.25) is 28.1 Å². The zero-order chi connectivity index (χ0) is 65.4. The lowest BCUT2D eigenvalue weighted by molar-refractivity contribution is 0.333. The molecule has 0 amide bonds. The third-order valence-electron chi connectivity index (χ3n) is 14.0. The van der Waals surface area contributed by atoms with Crippen LogP contribution < -0.4 is 59.6 Å². The Bertz CT molecular complexity index is 4930.